The van der Waals surface area contributed by atoms with Gasteiger partial charge in [0, 0.05) is 39.5 Å². The van der Waals surface area contributed by atoms with E-state index in [1.54, 1.807) is 11.3 Å². The SMILES string of the molecule is Nc1ccn([C@@H]2O[C@H](CNCc3cccc4c3sc3ccccc34)[C@@H](O)[C@H]2O)c(=O)n1. The summed E-state index contributed by atoms with van der Waals surface area (Å²) in [7, 11) is 0. The molecule has 4 atom stereocenters. The number of ether oxygens (including phenoxy) is 1. The number of fused-ring (bicyclic) bond motifs is 3. The first-order valence-electron chi connectivity index (χ1n) is 9.99. The quantitative estimate of drug-likeness (QED) is 0.373. The topological polar surface area (TPSA) is 123 Å². The fourth-order valence-electron chi connectivity index (χ4n) is 4.04. The second-order valence-electron chi connectivity index (χ2n) is 7.61. The van der Waals surface area contributed by atoms with Crippen LogP contribution in [0.3, 0.4) is 0 Å². The van der Waals surface area contributed by atoms with E-state index < -0.39 is 30.2 Å². The minimum atomic E-state index is -1.25. The molecule has 1 aliphatic heterocycles. The third kappa shape index (κ3) is 3.60. The maximum atomic E-state index is 12.1. The number of nitrogens with two attached hydrogens (primary N) is 1. The zero-order valence-corrected chi connectivity index (χ0v) is 17.3. The molecular formula is C22H22N4O4S. The van der Waals surface area contributed by atoms with Crippen molar-refractivity contribution >= 4 is 37.3 Å². The molecule has 4 aromatic rings. The van der Waals surface area contributed by atoms with Gasteiger partial charge in [-0.25, -0.2) is 4.79 Å². The third-order valence-corrected chi connectivity index (χ3v) is 6.87. The predicted octanol–water partition coefficient (Wildman–Crippen LogP) is 1.60. The van der Waals surface area contributed by atoms with Crippen LogP contribution >= 0.6 is 11.3 Å². The zero-order chi connectivity index (χ0) is 21.5. The number of anilines is 1. The van der Waals surface area contributed by atoms with Gasteiger partial charge in [-0.3, -0.25) is 4.57 Å². The summed E-state index contributed by atoms with van der Waals surface area (Å²) in [6.45, 7) is 0.897. The minimum Gasteiger partial charge on any atom is -0.387 e. The molecule has 0 bridgehead atoms. The molecule has 31 heavy (non-hydrogen) atoms. The van der Waals surface area contributed by atoms with Gasteiger partial charge >= 0.3 is 5.69 Å². The molecule has 8 nitrogen and oxygen atoms in total. The smallest absolute Gasteiger partial charge is 0.351 e. The Morgan fingerprint density at radius 2 is 1.90 bits per heavy atom. The Labute approximate surface area is 181 Å². The van der Waals surface area contributed by atoms with Crippen molar-refractivity contribution in [2.24, 2.45) is 0 Å². The van der Waals surface area contributed by atoms with E-state index in [4.69, 9.17) is 10.5 Å². The summed E-state index contributed by atoms with van der Waals surface area (Å²) in [4.78, 5) is 15.7. The number of aromatic nitrogens is 2. The predicted molar refractivity (Wildman–Crippen MR) is 120 cm³/mol. The summed E-state index contributed by atoms with van der Waals surface area (Å²) in [6, 6.07) is 16.0. The zero-order valence-electron chi connectivity index (χ0n) is 16.5. The second kappa shape index (κ2) is 8.03. The summed E-state index contributed by atoms with van der Waals surface area (Å²) < 4.78 is 9.40. The average Bonchev–Trinajstić information content (AvgIpc) is 3.27. The van der Waals surface area contributed by atoms with Crippen molar-refractivity contribution < 1.29 is 14.9 Å². The molecule has 0 radical (unpaired) electrons. The molecule has 3 heterocycles. The molecular weight excluding hydrogens is 416 g/mol. The van der Waals surface area contributed by atoms with Crippen LogP contribution in [0.25, 0.3) is 20.2 Å². The van der Waals surface area contributed by atoms with Crippen molar-refractivity contribution in [3.63, 3.8) is 0 Å². The average molecular weight is 439 g/mol. The van der Waals surface area contributed by atoms with Gasteiger partial charge in [-0.15, -0.1) is 11.3 Å². The Morgan fingerprint density at radius 1 is 1.10 bits per heavy atom. The van der Waals surface area contributed by atoms with Gasteiger partial charge in [0.1, 0.15) is 24.1 Å². The minimum absolute atomic E-state index is 0.0860. The molecule has 1 aliphatic rings. The van der Waals surface area contributed by atoms with Crippen LogP contribution in [0.2, 0.25) is 0 Å². The van der Waals surface area contributed by atoms with E-state index >= 15 is 0 Å². The second-order valence-corrected chi connectivity index (χ2v) is 8.66. The highest BCUT2D eigenvalue weighted by atomic mass is 32.1. The van der Waals surface area contributed by atoms with E-state index in [1.807, 2.05) is 18.2 Å². The Morgan fingerprint density at radius 3 is 2.74 bits per heavy atom. The molecule has 1 saturated heterocycles. The first-order valence-corrected chi connectivity index (χ1v) is 10.8. The van der Waals surface area contributed by atoms with E-state index in [-0.39, 0.29) is 5.82 Å². The van der Waals surface area contributed by atoms with E-state index in [0.717, 1.165) is 10.1 Å². The molecule has 9 heteroatoms. The van der Waals surface area contributed by atoms with Crippen LogP contribution in [0.4, 0.5) is 5.82 Å². The van der Waals surface area contributed by atoms with Crippen molar-refractivity contribution in [1.82, 2.24) is 14.9 Å². The Hall–Kier alpha value is -2.82. The van der Waals surface area contributed by atoms with Crippen LogP contribution in [0, 0.1) is 0 Å². The molecule has 0 aliphatic carbocycles. The van der Waals surface area contributed by atoms with Crippen molar-refractivity contribution in [3.8, 4) is 0 Å². The molecule has 0 spiro atoms. The number of rotatable bonds is 5. The number of thiophene rings is 1. The van der Waals surface area contributed by atoms with Crippen LogP contribution in [0.15, 0.2) is 59.5 Å². The molecule has 2 aromatic carbocycles. The van der Waals surface area contributed by atoms with Gasteiger partial charge in [0.05, 0.1) is 0 Å². The van der Waals surface area contributed by atoms with Crippen LogP contribution in [0.5, 0.6) is 0 Å². The van der Waals surface area contributed by atoms with Crippen molar-refractivity contribution in [2.45, 2.75) is 31.1 Å². The van der Waals surface area contributed by atoms with Crippen molar-refractivity contribution in [1.29, 1.82) is 0 Å². The molecule has 5 rings (SSSR count). The van der Waals surface area contributed by atoms with E-state index in [1.165, 1.54) is 32.4 Å². The summed E-state index contributed by atoms with van der Waals surface area (Å²) in [5.41, 5.74) is 6.03. The summed E-state index contributed by atoms with van der Waals surface area (Å²) in [6.07, 6.45) is -2.68. The molecule has 5 N–H and O–H groups in total. The van der Waals surface area contributed by atoms with Gasteiger partial charge < -0.3 is 26.0 Å². The van der Waals surface area contributed by atoms with Gasteiger partial charge in [-0.2, -0.15) is 4.98 Å². The Balaban J connectivity index is 1.30. The van der Waals surface area contributed by atoms with Gasteiger partial charge in [-0.1, -0.05) is 36.4 Å². The van der Waals surface area contributed by atoms with Crippen molar-refractivity contribution in [2.75, 3.05) is 12.3 Å². The maximum absolute atomic E-state index is 12.1. The number of aliphatic hydroxyl groups excluding tert-OH is 2. The van der Waals surface area contributed by atoms with Gasteiger partial charge in [0.2, 0.25) is 0 Å². The van der Waals surface area contributed by atoms with Gasteiger partial charge in [0.25, 0.3) is 0 Å². The Bertz CT molecular complexity index is 1300. The molecule has 0 unspecified atom stereocenters. The highest BCUT2D eigenvalue weighted by molar-refractivity contribution is 7.26. The summed E-state index contributed by atoms with van der Waals surface area (Å²) in [5.74, 6) is 0.0860. The van der Waals surface area contributed by atoms with Crippen LogP contribution in [-0.4, -0.2) is 44.6 Å². The molecule has 0 saturated carbocycles. The number of nitrogen functional groups attached to an aromatic ring is 1. The standard InChI is InChI=1S/C22H22N4O4S/c23-17-8-9-26(22(29)25-17)21-19(28)18(27)15(30-21)11-24-10-12-4-3-6-14-13-5-1-2-7-16(13)31-20(12)14/h1-9,15,18-19,21,24,27-28H,10-11H2,(H2,23,25,29)/t15-,18-,19-,21-/m1/s1. The maximum Gasteiger partial charge on any atom is 0.351 e. The van der Waals surface area contributed by atoms with E-state index in [0.29, 0.717) is 13.1 Å². The van der Waals surface area contributed by atoms with Crippen molar-refractivity contribution in [3.05, 3.63) is 70.8 Å². The first kappa shape index (κ1) is 20.1. The molecule has 2 aromatic heterocycles. The highest BCUT2D eigenvalue weighted by Crippen LogP contribution is 2.35. The summed E-state index contributed by atoms with van der Waals surface area (Å²) >= 11 is 1.76. The Kier molecular flexibility index (Phi) is 5.20. The monoisotopic (exact) mass is 438 g/mol. The lowest BCUT2D eigenvalue weighted by molar-refractivity contribution is -0.0390. The lowest BCUT2D eigenvalue weighted by Gasteiger charge is -2.17. The number of nitrogens with one attached hydrogen (secondary N) is 1. The number of benzene rings is 2. The largest absolute Gasteiger partial charge is 0.387 e. The normalized spacial score (nSPS) is 23.7. The number of hydrogen-bond donors (Lipinski definition) is 4. The lowest BCUT2D eigenvalue weighted by atomic mass is 10.1. The van der Waals surface area contributed by atoms with E-state index in [2.05, 4.69) is 34.6 Å². The van der Waals surface area contributed by atoms with Crippen LogP contribution in [-0.2, 0) is 11.3 Å². The first-order chi connectivity index (χ1) is 15.0. The third-order valence-electron chi connectivity index (χ3n) is 5.61. The van der Waals surface area contributed by atoms with Gasteiger partial charge in [0.15, 0.2) is 6.23 Å². The van der Waals surface area contributed by atoms with Crippen LogP contribution < -0.4 is 16.7 Å². The summed E-state index contributed by atoms with van der Waals surface area (Å²) in [5, 5.41) is 26.6. The number of nitrogens with zero attached hydrogens (tertiary/aromatic N) is 2. The highest BCUT2D eigenvalue weighted by Gasteiger charge is 2.43. The fraction of sp³-hybridized carbons (Fsp3) is 0.273. The molecule has 0 amide bonds. The molecule has 1 fully saturated rings. The number of hydrogen-bond acceptors (Lipinski definition) is 8. The van der Waals surface area contributed by atoms with E-state index in [9.17, 15) is 15.0 Å². The molecule has 160 valence electrons. The lowest BCUT2D eigenvalue weighted by Crippen LogP contribution is -2.38. The number of aliphatic hydroxyl groups is 2. The fourth-order valence-corrected chi connectivity index (χ4v) is 5.25. The van der Waals surface area contributed by atoms with Gasteiger partial charge in [-0.05, 0) is 17.7 Å². The van der Waals surface area contributed by atoms with Crippen LogP contribution in [0.1, 0.15) is 11.8 Å².